The summed E-state index contributed by atoms with van der Waals surface area (Å²) in [4.78, 5) is 0. The zero-order valence-corrected chi connectivity index (χ0v) is 12.0. The minimum atomic E-state index is -0.422. The maximum absolute atomic E-state index is 10.9. The number of hydrogen-bond donors (Lipinski definition) is 2. The number of nitrogens with two attached hydrogens (primary N) is 1. The van der Waals surface area contributed by atoms with Crippen LogP contribution >= 0.6 is 11.3 Å². The van der Waals surface area contributed by atoms with Gasteiger partial charge in [-0.05, 0) is 35.2 Å². The first-order valence-corrected chi connectivity index (χ1v) is 7.99. The third-order valence-corrected chi connectivity index (χ3v) is 5.62. The number of fused-ring (bicyclic) bond motifs is 1. The van der Waals surface area contributed by atoms with Crippen LogP contribution in [0.1, 0.15) is 43.8 Å². The van der Waals surface area contributed by atoms with E-state index in [1.807, 2.05) is 12.1 Å². The molecule has 0 amide bonds. The molecule has 2 aromatic rings. The molecule has 3 rings (SSSR count). The van der Waals surface area contributed by atoms with E-state index >= 15 is 0 Å². The first-order valence-electron chi connectivity index (χ1n) is 7.11. The van der Waals surface area contributed by atoms with Crippen molar-refractivity contribution in [1.82, 2.24) is 0 Å². The number of hydrogen-bond acceptors (Lipinski definition) is 3. The van der Waals surface area contributed by atoms with Crippen LogP contribution in [0.15, 0.2) is 29.6 Å². The van der Waals surface area contributed by atoms with Crippen LogP contribution in [-0.4, -0.2) is 11.7 Å². The van der Waals surface area contributed by atoms with Crippen LogP contribution in [0.5, 0.6) is 0 Å². The van der Waals surface area contributed by atoms with Crippen molar-refractivity contribution < 1.29 is 5.11 Å². The van der Waals surface area contributed by atoms with Crippen molar-refractivity contribution in [1.29, 1.82) is 0 Å². The maximum atomic E-state index is 10.9. The van der Waals surface area contributed by atoms with Crippen molar-refractivity contribution in [3.8, 4) is 0 Å². The van der Waals surface area contributed by atoms with Crippen molar-refractivity contribution in [3.63, 3.8) is 0 Å². The SMILES string of the molecule is NCC1(C(O)c2csc3ccccc23)CCCCC1. The van der Waals surface area contributed by atoms with E-state index in [1.54, 1.807) is 11.3 Å². The summed E-state index contributed by atoms with van der Waals surface area (Å²) in [7, 11) is 0. The highest BCUT2D eigenvalue weighted by Gasteiger charge is 2.39. The van der Waals surface area contributed by atoms with Gasteiger partial charge in [0, 0.05) is 16.7 Å². The average Bonchev–Trinajstić information content (AvgIpc) is 2.91. The molecule has 3 N–H and O–H groups in total. The van der Waals surface area contributed by atoms with Crippen LogP contribution in [0.2, 0.25) is 0 Å². The highest BCUT2D eigenvalue weighted by molar-refractivity contribution is 7.17. The second-order valence-electron chi connectivity index (χ2n) is 5.72. The van der Waals surface area contributed by atoms with Crippen LogP contribution in [0.25, 0.3) is 10.1 Å². The second-order valence-corrected chi connectivity index (χ2v) is 6.63. The molecule has 102 valence electrons. The molecule has 1 atom stereocenters. The molecule has 1 aromatic carbocycles. The third kappa shape index (κ3) is 2.20. The van der Waals surface area contributed by atoms with Crippen molar-refractivity contribution in [2.75, 3.05) is 6.54 Å². The Morgan fingerprint density at radius 1 is 1.21 bits per heavy atom. The molecular weight excluding hydrogens is 254 g/mol. The summed E-state index contributed by atoms with van der Waals surface area (Å²) in [6, 6.07) is 8.32. The molecule has 0 radical (unpaired) electrons. The lowest BCUT2D eigenvalue weighted by Gasteiger charge is -2.40. The fourth-order valence-electron chi connectivity index (χ4n) is 3.39. The number of aliphatic hydroxyl groups is 1. The molecular formula is C16H21NOS. The van der Waals surface area contributed by atoms with Crippen LogP contribution in [-0.2, 0) is 0 Å². The van der Waals surface area contributed by atoms with E-state index in [1.165, 1.54) is 29.3 Å². The van der Waals surface area contributed by atoms with E-state index in [9.17, 15) is 5.11 Å². The van der Waals surface area contributed by atoms with Gasteiger partial charge in [-0.3, -0.25) is 0 Å². The van der Waals surface area contributed by atoms with Crippen molar-refractivity contribution >= 4 is 21.4 Å². The Labute approximate surface area is 118 Å². The Balaban J connectivity index is 2.00. The van der Waals surface area contributed by atoms with Gasteiger partial charge in [-0.25, -0.2) is 0 Å². The van der Waals surface area contributed by atoms with Gasteiger partial charge in [0.2, 0.25) is 0 Å². The summed E-state index contributed by atoms with van der Waals surface area (Å²) >= 11 is 1.71. The summed E-state index contributed by atoms with van der Waals surface area (Å²) in [6.07, 6.45) is 5.34. The maximum Gasteiger partial charge on any atom is 0.0872 e. The predicted octanol–water partition coefficient (Wildman–Crippen LogP) is 3.84. The fraction of sp³-hybridized carbons (Fsp3) is 0.500. The molecule has 1 unspecified atom stereocenters. The van der Waals surface area contributed by atoms with Crippen molar-refractivity contribution in [2.24, 2.45) is 11.1 Å². The quantitative estimate of drug-likeness (QED) is 0.894. The van der Waals surface area contributed by atoms with Gasteiger partial charge in [-0.15, -0.1) is 11.3 Å². The Morgan fingerprint density at radius 3 is 2.68 bits per heavy atom. The number of benzene rings is 1. The van der Waals surface area contributed by atoms with E-state index in [0.29, 0.717) is 6.54 Å². The van der Waals surface area contributed by atoms with Crippen LogP contribution in [0.4, 0.5) is 0 Å². The van der Waals surface area contributed by atoms with Gasteiger partial charge in [0.25, 0.3) is 0 Å². The normalized spacial score (nSPS) is 20.5. The van der Waals surface area contributed by atoms with E-state index < -0.39 is 6.10 Å². The zero-order chi connectivity index (χ0) is 13.3. The first-order chi connectivity index (χ1) is 9.27. The number of rotatable bonds is 3. The molecule has 1 aliphatic carbocycles. The van der Waals surface area contributed by atoms with Crippen molar-refractivity contribution in [3.05, 3.63) is 35.2 Å². The smallest absolute Gasteiger partial charge is 0.0872 e. The minimum Gasteiger partial charge on any atom is -0.388 e. The highest BCUT2D eigenvalue weighted by atomic mass is 32.1. The molecule has 19 heavy (non-hydrogen) atoms. The molecule has 0 bridgehead atoms. The van der Waals surface area contributed by atoms with Gasteiger partial charge in [-0.1, -0.05) is 37.5 Å². The van der Waals surface area contributed by atoms with Crippen molar-refractivity contribution in [2.45, 2.75) is 38.2 Å². The van der Waals surface area contributed by atoms with Gasteiger partial charge in [0.1, 0.15) is 0 Å². The Morgan fingerprint density at radius 2 is 1.95 bits per heavy atom. The van der Waals surface area contributed by atoms with E-state index in [-0.39, 0.29) is 5.41 Å². The van der Waals surface area contributed by atoms with Gasteiger partial charge < -0.3 is 10.8 Å². The molecule has 0 saturated heterocycles. The topological polar surface area (TPSA) is 46.2 Å². The van der Waals surface area contributed by atoms with Gasteiger partial charge in [-0.2, -0.15) is 0 Å². The first kappa shape index (κ1) is 13.1. The van der Waals surface area contributed by atoms with E-state index in [0.717, 1.165) is 18.4 Å². The van der Waals surface area contributed by atoms with Crippen LogP contribution in [0.3, 0.4) is 0 Å². The Hall–Kier alpha value is -0.900. The van der Waals surface area contributed by atoms with Gasteiger partial charge in [0.15, 0.2) is 0 Å². The van der Waals surface area contributed by atoms with E-state index in [2.05, 4.69) is 17.5 Å². The Bertz CT molecular complexity index is 557. The van der Waals surface area contributed by atoms with Crippen LogP contribution < -0.4 is 5.73 Å². The van der Waals surface area contributed by atoms with E-state index in [4.69, 9.17) is 5.73 Å². The molecule has 1 aliphatic rings. The standard InChI is InChI=1S/C16H21NOS/c17-11-16(8-4-1-5-9-16)15(18)13-10-19-14-7-3-2-6-12(13)14/h2-3,6-7,10,15,18H,1,4-5,8-9,11,17H2. The largest absolute Gasteiger partial charge is 0.388 e. The highest BCUT2D eigenvalue weighted by Crippen LogP contribution is 2.47. The molecule has 1 fully saturated rings. The summed E-state index contributed by atoms with van der Waals surface area (Å²) < 4.78 is 1.25. The molecule has 3 heteroatoms. The fourth-order valence-corrected chi connectivity index (χ4v) is 4.36. The molecule has 0 aliphatic heterocycles. The average molecular weight is 275 g/mol. The minimum absolute atomic E-state index is 0.109. The molecule has 0 spiro atoms. The van der Waals surface area contributed by atoms with Gasteiger partial charge >= 0.3 is 0 Å². The molecule has 1 saturated carbocycles. The van der Waals surface area contributed by atoms with Crippen LogP contribution in [0, 0.1) is 5.41 Å². The lowest BCUT2D eigenvalue weighted by Crippen LogP contribution is -2.38. The predicted molar refractivity (Wildman–Crippen MR) is 81.4 cm³/mol. The molecule has 1 aromatic heterocycles. The summed E-state index contributed by atoms with van der Waals surface area (Å²) in [6.45, 7) is 0.582. The number of aliphatic hydroxyl groups excluding tert-OH is 1. The lowest BCUT2D eigenvalue weighted by molar-refractivity contribution is 0.00190. The van der Waals surface area contributed by atoms with Gasteiger partial charge in [0.05, 0.1) is 6.10 Å². The number of thiophene rings is 1. The third-order valence-electron chi connectivity index (χ3n) is 4.64. The summed E-state index contributed by atoms with van der Waals surface area (Å²) in [5, 5.41) is 14.2. The Kier molecular flexibility index (Phi) is 3.61. The zero-order valence-electron chi connectivity index (χ0n) is 11.1. The second kappa shape index (κ2) is 5.23. The lowest BCUT2D eigenvalue weighted by atomic mass is 9.68. The summed E-state index contributed by atoms with van der Waals surface area (Å²) in [5.41, 5.74) is 7.00. The monoisotopic (exact) mass is 275 g/mol. The summed E-state index contributed by atoms with van der Waals surface area (Å²) in [5.74, 6) is 0. The molecule has 1 heterocycles. The molecule has 2 nitrogen and oxygen atoms in total.